The molecule has 1 aliphatic heterocycles. The van der Waals surface area contributed by atoms with Crippen LogP contribution in [0.4, 0.5) is 18.9 Å². The van der Waals surface area contributed by atoms with E-state index in [-0.39, 0.29) is 30.0 Å². The predicted molar refractivity (Wildman–Crippen MR) is 107 cm³/mol. The molecular weight excluding hydrogens is 399 g/mol. The van der Waals surface area contributed by atoms with Gasteiger partial charge in [0.05, 0.1) is 24.9 Å². The van der Waals surface area contributed by atoms with E-state index in [9.17, 15) is 13.2 Å². The second-order valence-electron chi connectivity index (χ2n) is 6.81. The number of ether oxygens (including phenoxy) is 3. The summed E-state index contributed by atoms with van der Waals surface area (Å²) in [7, 11) is 0. The zero-order chi connectivity index (χ0) is 21.4. The fourth-order valence-electron chi connectivity index (χ4n) is 2.94. The number of alkyl halides is 3. The van der Waals surface area contributed by atoms with E-state index >= 15 is 0 Å². The van der Waals surface area contributed by atoms with E-state index in [0.717, 1.165) is 37.2 Å². The maximum absolute atomic E-state index is 12.5. The Hall–Kier alpha value is -2.78. The van der Waals surface area contributed by atoms with Crippen LogP contribution in [-0.4, -0.2) is 31.6 Å². The highest BCUT2D eigenvalue weighted by Gasteiger charge is 2.32. The first-order chi connectivity index (χ1) is 14.4. The molecule has 6 nitrogen and oxygen atoms in total. The number of guanidine groups is 1. The van der Waals surface area contributed by atoms with Gasteiger partial charge in [-0.25, -0.2) is 4.99 Å². The summed E-state index contributed by atoms with van der Waals surface area (Å²) >= 11 is 0. The van der Waals surface area contributed by atoms with Crippen molar-refractivity contribution in [1.82, 2.24) is 0 Å². The lowest BCUT2D eigenvalue weighted by molar-refractivity contribution is -0.274. The van der Waals surface area contributed by atoms with E-state index < -0.39 is 6.36 Å². The number of nitrogens with zero attached hydrogens (tertiary/aromatic N) is 1. The Balaban J connectivity index is 1.52. The number of rotatable bonds is 7. The summed E-state index contributed by atoms with van der Waals surface area (Å²) in [6.45, 7) is 2.30. The Bertz CT molecular complexity index is 835. The molecule has 0 aliphatic carbocycles. The fourth-order valence-corrected chi connectivity index (χ4v) is 2.94. The van der Waals surface area contributed by atoms with Crippen LogP contribution < -0.4 is 15.8 Å². The molecule has 0 saturated carbocycles. The molecule has 9 heteroatoms. The molecule has 1 heterocycles. The van der Waals surface area contributed by atoms with E-state index in [1.807, 2.05) is 24.3 Å². The third-order valence-corrected chi connectivity index (χ3v) is 4.48. The number of para-hydroxylation sites is 2. The highest BCUT2D eigenvalue weighted by atomic mass is 19.4. The minimum atomic E-state index is -4.79. The second-order valence-corrected chi connectivity index (χ2v) is 6.81. The van der Waals surface area contributed by atoms with Gasteiger partial charge in [0.25, 0.3) is 0 Å². The molecule has 0 bridgehead atoms. The van der Waals surface area contributed by atoms with Crippen molar-refractivity contribution in [3.63, 3.8) is 0 Å². The Labute approximate surface area is 172 Å². The van der Waals surface area contributed by atoms with Crippen molar-refractivity contribution >= 4 is 11.6 Å². The van der Waals surface area contributed by atoms with Crippen molar-refractivity contribution in [3.05, 3.63) is 59.7 Å². The number of aliphatic imine (C=N–C) groups is 1. The molecule has 1 saturated heterocycles. The normalized spacial score (nSPS) is 15.8. The number of benzene rings is 2. The lowest BCUT2D eigenvalue weighted by Crippen LogP contribution is -2.24. The highest BCUT2D eigenvalue weighted by Crippen LogP contribution is 2.29. The van der Waals surface area contributed by atoms with Crippen LogP contribution in [0, 0.1) is 0 Å². The van der Waals surface area contributed by atoms with Crippen LogP contribution in [0.5, 0.6) is 5.75 Å². The average molecular weight is 423 g/mol. The quantitative estimate of drug-likeness (QED) is 0.515. The van der Waals surface area contributed by atoms with Crippen molar-refractivity contribution in [3.8, 4) is 5.75 Å². The van der Waals surface area contributed by atoms with Gasteiger partial charge in [0.2, 0.25) is 0 Å². The largest absolute Gasteiger partial charge is 0.573 e. The van der Waals surface area contributed by atoms with Gasteiger partial charge in [0.1, 0.15) is 0 Å². The number of anilines is 1. The van der Waals surface area contributed by atoms with Crippen molar-refractivity contribution in [2.24, 2.45) is 10.7 Å². The van der Waals surface area contributed by atoms with Crippen molar-refractivity contribution in [2.75, 3.05) is 18.5 Å². The fraction of sp³-hybridized carbons (Fsp3) is 0.381. The lowest BCUT2D eigenvalue weighted by Gasteiger charge is -2.22. The molecule has 0 spiro atoms. The topological polar surface area (TPSA) is 78.1 Å². The Morgan fingerprint density at radius 1 is 1.07 bits per heavy atom. The monoisotopic (exact) mass is 423 g/mol. The minimum absolute atomic E-state index is 0.0137. The van der Waals surface area contributed by atoms with E-state index in [2.05, 4.69) is 15.0 Å². The molecule has 0 atom stereocenters. The molecule has 0 amide bonds. The molecule has 1 aliphatic rings. The molecule has 30 heavy (non-hydrogen) atoms. The van der Waals surface area contributed by atoms with Gasteiger partial charge >= 0.3 is 6.36 Å². The molecular formula is C21H24F3N3O3. The Morgan fingerprint density at radius 3 is 2.43 bits per heavy atom. The van der Waals surface area contributed by atoms with Gasteiger partial charge in [-0.1, -0.05) is 36.4 Å². The molecule has 3 N–H and O–H groups in total. The summed E-state index contributed by atoms with van der Waals surface area (Å²) < 4.78 is 52.7. The van der Waals surface area contributed by atoms with Crippen LogP contribution in [-0.2, 0) is 22.6 Å². The number of hydrogen-bond donors (Lipinski definition) is 2. The zero-order valence-electron chi connectivity index (χ0n) is 16.3. The number of hydrogen-bond acceptors (Lipinski definition) is 4. The molecule has 3 rings (SSSR count). The summed E-state index contributed by atoms with van der Waals surface area (Å²) in [6, 6.07) is 13.4. The zero-order valence-corrected chi connectivity index (χ0v) is 16.3. The second kappa shape index (κ2) is 10.3. The lowest BCUT2D eigenvalue weighted by atomic mass is 10.1. The van der Waals surface area contributed by atoms with Crippen LogP contribution in [0.2, 0.25) is 0 Å². The van der Waals surface area contributed by atoms with Crippen LogP contribution in [0.1, 0.15) is 24.0 Å². The summed E-state index contributed by atoms with van der Waals surface area (Å²) in [6.07, 6.45) is -2.73. The molecule has 0 radical (unpaired) electrons. The van der Waals surface area contributed by atoms with Gasteiger partial charge in [-0.15, -0.1) is 13.2 Å². The summed E-state index contributed by atoms with van der Waals surface area (Å²) in [5, 5.41) is 2.64. The van der Waals surface area contributed by atoms with Gasteiger partial charge in [-0.2, -0.15) is 0 Å². The van der Waals surface area contributed by atoms with Crippen LogP contribution in [0.15, 0.2) is 53.5 Å². The number of nitrogens with two attached hydrogens (primary N) is 1. The summed E-state index contributed by atoms with van der Waals surface area (Å²) in [5.41, 5.74) is 7.86. The number of halogens is 3. The van der Waals surface area contributed by atoms with E-state index in [4.69, 9.17) is 15.2 Å². The Kier molecular flexibility index (Phi) is 7.53. The molecule has 0 unspecified atom stereocenters. The van der Waals surface area contributed by atoms with Gasteiger partial charge in [0, 0.05) is 13.2 Å². The van der Waals surface area contributed by atoms with E-state index in [1.165, 1.54) is 18.2 Å². The first kappa shape index (κ1) is 21.9. The van der Waals surface area contributed by atoms with Crippen LogP contribution in [0.25, 0.3) is 0 Å². The summed E-state index contributed by atoms with van der Waals surface area (Å²) in [5.74, 6) is -0.391. The van der Waals surface area contributed by atoms with Gasteiger partial charge < -0.3 is 25.3 Å². The van der Waals surface area contributed by atoms with E-state index in [0.29, 0.717) is 6.61 Å². The highest BCUT2D eigenvalue weighted by molar-refractivity contribution is 5.93. The average Bonchev–Trinajstić information content (AvgIpc) is 2.73. The first-order valence-electron chi connectivity index (χ1n) is 9.58. The smallest absolute Gasteiger partial charge is 0.404 e. The van der Waals surface area contributed by atoms with Crippen molar-refractivity contribution in [2.45, 2.75) is 38.5 Å². The predicted octanol–water partition coefficient (Wildman–Crippen LogP) is 4.21. The SMILES string of the molecule is NC(=NCc1ccc(COC2CCOCC2)cc1)Nc1ccccc1OC(F)(F)F. The van der Waals surface area contributed by atoms with Crippen molar-refractivity contribution < 1.29 is 27.4 Å². The molecule has 2 aromatic carbocycles. The van der Waals surface area contributed by atoms with Gasteiger partial charge in [0.15, 0.2) is 11.7 Å². The maximum atomic E-state index is 12.5. The summed E-state index contributed by atoms with van der Waals surface area (Å²) in [4.78, 5) is 4.18. The van der Waals surface area contributed by atoms with Crippen LogP contribution in [0.3, 0.4) is 0 Å². The molecule has 1 fully saturated rings. The Morgan fingerprint density at radius 2 is 1.73 bits per heavy atom. The molecule has 0 aromatic heterocycles. The van der Waals surface area contributed by atoms with Crippen molar-refractivity contribution in [1.29, 1.82) is 0 Å². The van der Waals surface area contributed by atoms with E-state index in [1.54, 1.807) is 6.07 Å². The molecule has 2 aromatic rings. The standard InChI is InChI=1S/C21H24F3N3O3/c22-21(23,24)30-19-4-2-1-3-18(19)27-20(25)26-13-15-5-7-16(8-6-15)14-29-17-9-11-28-12-10-17/h1-8,17H,9-14H2,(H3,25,26,27). The molecule has 162 valence electrons. The van der Waals surface area contributed by atoms with Crippen LogP contribution >= 0.6 is 0 Å². The third kappa shape index (κ3) is 7.23. The van der Waals surface area contributed by atoms with Gasteiger partial charge in [-0.3, -0.25) is 0 Å². The first-order valence-corrected chi connectivity index (χ1v) is 9.58. The van der Waals surface area contributed by atoms with Gasteiger partial charge in [-0.05, 0) is 36.1 Å². The third-order valence-electron chi connectivity index (χ3n) is 4.48. The minimum Gasteiger partial charge on any atom is -0.404 e. The number of nitrogens with one attached hydrogen (secondary N) is 1. The maximum Gasteiger partial charge on any atom is 0.573 e.